The lowest BCUT2D eigenvalue weighted by Crippen LogP contribution is -2.37. The number of rotatable bonds is 2. The van der Waals surface area contributed by atoms with Gasteiger partial charge in [0.1, 0.15) is 5.75 Å². The van der Waals surface area contributed by atoms with Crippen LogP contribution in [0.4, 0.5) is 0 Å². The predicted octanol–water partition coefficient (Wildman–Crippen LogP) is 0.671. The Hall–Kier alpha value is -1.55. The summed E-state index contributed by atoms with van der Waals surface area (Å²) in [5.41, 5.74) is 6.22. The summed E-state index contributed by atoms with van der Waals surface area (Å²) in [7, 11) is 0. The molecule has 2 rings (SSSR count). The average Bonchev–Trinajstić information content (AvgIpc) is 2.66. The van der Waals surface area contributed by atoms with E-state index in [9.17, 15) is 9.90 Å². The smallest absolute Gasteiger partial charge is 0.234 e. The van der Waals surface area contributed by atoms with Crippen LogP contribution in [-0.2, 0) is 4.79 Å². The largest absolute Gasteiger partial charge is 0.508 e. The highest BCUT2D eigenvalue weighted by Gasteiger charge is 2.28. The van der Waals surface area contributed by atoms with Gasteiger partial charge in [0.25, 0.3) is 0 Å². The quantitative estimate of drug-likeness (QED) is 0.665. The number of carbonyl (C=O) groups is 1. The molecular formula is C11H14N2O2. The lowest BCUT2D eigenvalue weighted by molar-refractivity contribution is -0.119. The van der Waals surface area contributed by atoms with Gasteiger partial charge in [-0.1, -0.05) is 12.1 Å². The van der Waals surface area contributed by atoms with Gasteiger partial charge in [-0.05, 0) is 30.5 Å². The Balaban J connectivity index is 2.11. The van der Waals surface area contributed by atoms with Crippen LogP contribution in [0, 0.1) is 0 Å². The van der Waals surface area contributed by atoms with Gasteiger partial charge in [-0.2, -0.15) is 0 Å². The summed E-state index contributed by atoms with van der Waals surface area (Å²) >= 11 is 0. The van der Waals surface area contributed by atoms with Crippen LogP contribution in [0.25, 0.3) is 0 Å². The Bertz CT molecular complexity index is 379. The van der Waals surface area contributed by atoms with E-state index in [1.807, 2.05) is 6.07 Å². The van der Waals surface area contributed by atoms with Crippen LogP contribution in [0.2, 0.25) is 0 Å². The summed E-state index contributed by atoms with van der Waals surface area (Å²) in [6, 6.07) is 6.95. The molecule has 1 fully saturated rings. The van der Waals surface area contributed by atoms with Crippen LogP contribution in [0.5, 0.6) is 5.75 Å². The first-order valence-corrected chi connectivity index (χ1v) is 5.01. The van der Waals surface area contributed by atoms with Crippen molar-refractivity contribution in [2.75, 3.05) is 0 Å². The molecule has 1 heterocycles. The number of hydrogen-bond donors (Lipinski definition) is 3. The highest BCUT2D eigenvalue weighted by Crippen LogP contribution is 2.28. The van der Waals surface area contributed by atoms with Gasteiger partial charge in [-0.25, -0.2) is 0 Å². The summed E-state index contributed by atoms with van der Waals surface area (Å²) in [5, 5.41) is 12.5. The summed E-state index contributed by atoms with van der Waals surface area (Å²) in [5.74, 6) is -0.0607. The fourth-order valence-electron chi connectivity index (χ4n) is 1.97. The summed E-state index contributed by atoms with van der Waals surface area (Å²) < 4.78 is 0. The second-order valence-corrected chi connectivity index (χ2v) is 3.85. The van der Waals surface area contributed by atoms with E-state index in [1.165, 1.54) is 0 Å². The van der Waals surface area contributed by atoms with E-state index in [0.29, 0.717) is 0 Å². The van der Waals surface area contributed by atoms with Gasteiger partial charge in [-0.15, -0.1) is 0 Å². The molecule has 1 aliphatic heterocycles. The van der Waals surface area contributed by atoms with Crippen molar-refractivity contribution in [1.82, 2.24) is 5.32 Å². The molecule has 1 saturated heterocycles. The van der Waals surface area contributed by atoms with Crippen LogP contribution in [0.3, 0.4) is 0 Å². The molecule has 2 unspecified atom stereocenters. The average molecular weight is 206 g/mol. The molecule has 0 spiro atoms. The van der Waals surface area contributed by atoms with Gasteiger partial charge < -0.3 is 10.8 Å². The minimum atomic E-state index is -0.308. The molecule has 0 saturated carbocycles. The van der Waals surface area contributed by atoms with E-state index in [-0.39, 0.29) is 23.7 Å². The molecule has 0 aromatic heterocycles. The van der Waals surface area contributed by atoms with E-state index in [0.717, 1.165) is 18.4 Å². The Morgan fingerprint density at radius 1 is 1.47 bits per heavy atom. The molecule has 0 radical (unpaired) electrons. The fourth-order valence-corrected chi connectivity index (χ4v) is 1.97. The molecule has 4 nitrogen and oxygen atoms in total. The summed E-state index contributed by atoms with van der Waals surface area (Å²) in [6.45, 7) is 0. The zero-order valence-corrected chi connectivity index (χ0v) is 8.31. The number of hydrogen-bond acceptors (Lipinski definition) is 3. The standard InChI is InChI=1S/C11H14N2O2/c12-11(15)10-5-4-9(13-10)7-2-1-3-8(14)6-7/h1-3,6,9-10,13-14H,4-5H2,(H2,12,15). The van der Waals surface area contributed by atoms with Crippen molar-refractivity contribution in [3.05, 3.63) is 29.8 Å². The second kappa shape index (κ2) is 3.90. The van der Waals surface area contributed by atoms with Gasteiger partial charge in [-0.3, -0.25) is 10.1 Å². The molecule has 2 atom stereocenters. The fraction of sp³-hybridized carbons (Fsp3) is 0.364. The molecule has 1 amide bonds. The van der Waals surface area contributed by atoms with E-state index < -0.39 is 0 Å². The van der Waals surface area contributed by atoms with Gasteiger partial charge in [0.2, 0.25) is 5.91 Å². The molecule has 15 heavy (non-hydrogen) atoms. The Morgan fingerprint density at radius 3 is 2.87 bits per heavy atom. The monoisotopic (exact) mass is 206 g/mol. The van der Waals surface area contributed by atoms with Gasteiger partial charge >= 0.3 is 0 Å². The molecule has 4 N–H and O–H groups in total. The maximum Gasteiger partial charge on any atom is 0.234 e. The van der Waals surface area contributed by atoms with Crippen LogP contribution in [-0.4, -0.2) is 17.1 Å². The molecular weight excluding hydrogens is 192 g/mol. The third kappa shape index (κ3) is 2.10. The van der Waals surface area contributed by atoms with Crippen LogP contribution in [0.15, 0.2) is 24.3 Å². The third-order valence-electron chi connectivity index (χ3n) is 2.76. The van der Waals surface area contributed by atoms with E-state index in [1.54, 1.807) is 18.2 Å². The number of amides is 1. The van der Waals surface area contributed by atoms with E-state index in [4.69, 9.17) is 5.73 Å². The van der Waals surface area contributed by atoms with Crippen molar-refractivity contribution in [3.8, 4) is 5.75 Å². The highest BCUT2D eigenvalue weighted by molar-refractivity contribution is 5.80. The Morgan fingerprint density at radius 2 is 2.27 bits per heavy atom. The van der Waals surface area contributed by atoms with Gasteiger partial charge in [0, 0.05) is 6.04 Å². The number of primary amides is 1. The number of carbonyl (C=O) groups excluding carboxylic acids is 1. The minimum Gasteiger partial charge on any atom is -0.508 e. The number of phenols is 1. The second-order valence-electron chi connectivity index (χ2n) is 3.85. The maximum absolute atomic E-state index is 11.0. The lowest BCUT2D eigenvalue weighted by atomic mass is 10.1. The van der Waals surface area contributed by atoms with Crippen LogP contribution in [0.1, 0.15) is 24.4 Å². The molecule has 1 aromatic carbocycles. The predicted molar refractivity (Wildman–Crippen MR) is 56.2 cm³/mol. The molecule has 0 aliphatic carbocycles. The van der Waals surface area contributed by atoms with Crippen LogP contribution >= 0.6 is 0 Å². The lowest BCUT2D eigenvalue weighted by Gasteiger charge is -2.12. The number of aromatic hydroxyl groups is 1. The van der Waals surface area contributed by atoms with Crippen molar-refractivity contribution >= 4 is 5.91 Å². The molecule has 4 heteroatoms. The first-order chi connectivity index (χ1) is 7.16. The minimum absolute atomic E-state index is 0.120. The maximum atomic E-state index is 11.0. The zero-order chi connectivity index (χ0) is 10.8. The van der Waals surface area contributed by atoms with Crippen molar-refractivity contribution in [2.24, 2.45) is 5.73 Å². The van der Waals surface area contributed by atoms with E-state index in [2.05, 4.69) is 5.32 Å². The number of benzene rings is 1. The molecule has 1 aromatic rings. The summed E-state index contributed by atoms with van der Waals surface area (Å²) in [6.07, 6.45) is 1.63. The molecule has 1 aliphatic rings. The zero-order valence-electron chi connectivity index (χ0n) is 8.31. The normalized spacial score (nSPS) is 25.3. The van der Waals surface area contributed by atoms with Crippen molar-refractivity contribution in [3.63, 3.8) is 0 Å². The SMILES string of the molecule is NC(=O)C1CCC(c2cccc(O)c2)N1. The third-order valence-corrected chi connectivity index (χ3v) is 2.76. The van der Waals surface area contributed by atoms with Crippen molar-refractivity contribution in [2.45, 2.75) is 24.9 Å². The van der Waals surface area contributed by atoms with Crippen molar-refractivity contribution in [1.29, 1.82) is 0 Å². The number of nitrogens with two attached hydrogens (primary N) is 1. The Labute approximate surface area is 88.1 Å². The van der Waals surface area contributed by atoms with Gasteiger partial charge in [0.05, 0.1) is 6.04 Å². The summed E-state index contributed by atoms with van der Waals surface area (Å²) in [4.78, 5) is 11.0. The first-order valence-electron chi connectivity index (χ1n) is 5.01. The molecule has 80 valence electrons. The van der Waals surface area contributed by atoms with E-state index >= 15 is 0 Å². The van der Waals surface area contributed by atoms with Crippen LogP contribution < -0.4 is 11.1 Å². The Kier molecular flexibility index (Phi) is 2.60. The highest BCUT2D eigenvalue weighted by atomic mass is 16.3. The van der Waals surface area contributed by atoms with Gasteiger partial charge in [0.15, 0.2) is 0 Å². The first kappa shape index (κ1) is 9.98. The topological polar surface area (TPSA) is 75.4 Å². The molecule has 0 bridgehead atoms. The number of phenolic OH excluding ortho intramolecular Hbond substituents is 1. The van der Waals surface area contributed by atoms with Crippen molar-refractivity contribution < 1.29 is 9.90 Å². The number of nitrogens with one attached hydrogen (secondary N) is 1.